The van der Waals surface area contributed by atoms with Crippen LogP contribution in [0.15, 0.2) is 29.2 Å². The zero-order chi connectivity index (χ0) is 18.6. The summed E-state index contributed by atoms with van der Waals surface area (Å²) in [5.41, 5.74) is 0.629. The molecule has 0 spiro atoms. The van der Waals surface area contributed by atoms with Gasteiger partial charge in [0.15, 0.2) is 0 Å². The zero-order valence-electron chi connectivity index (χ0n) is 15.2. The Morgan fingerprint density at radius 2 is 1.73 bits per heavy atom. The summed E-state index contributed by atoms with van der Waals surface area (Å²) >= 11 is 0. The highest BCUT2D eigenvalue weighted by Gasteiger charge is 2.26. The van der Waals surface area contributed by atoms with Gasteiger partial charge in [-0.2, -0.15) is 4.31 Å². The molecule has 2 fully saturated rings. The summed E-state index contributed by atoms with van der Waals surface area (Å²) < 4.78 is 31.8. The Morgan fingerprint density at radius 1 is 1.12 bits per heavy atom. The second-order valence-corrected chi connectivity index (χ2v) is 8.98. The van der Waals surface area contributed by atoms with Gasteiger partial charge in [0, 0.05) is 25.2 Å². The van der Waals surface area contributed by atoms with Gasteiger partial charge in [0.05, 0.1) is 18.1 Å². The van der Waals surface area contributed by atoms with Gasteiger partial charge in [-0.15, -0.1) is 0 Å². The number of nitrogens with zero attached hydrogens (tertiary/aromatic N) is 2. The average Bonchev–Trinajstić information content (AvgIpc) is 2.65. The first-order valence-electron chi connectivity index (χ1n) is 9.11. The van der Waals surface area contributed by atoms with Crippen LogP contribution in [0.3, 0.4) is 0 Å². The van der Waals surface area contributed by atoms with Crippen molar-refractivity contribution in [2.24, 2.45) is 5.92 Å². The summed E-state index contributed by atoms with van der Waals surface area (Å²) in [6, 6.07) is 6.41. The van der Waals surface area contributed by atoms with E-state index in [2.05, 4.69) is 17.3 Å². The summed E-state index contributed by atoms with van der Waals surface area (Å²) in [6.07, 6.45) is 2.60. The highest BCUT2D eigenvalue weighted by atomic mass is 32.2. The van der Waals surface area contributed by atoms with Crippen LogP contribution in [0, 0.1) is 5.92 Å². The van der Waals surface area contributed by atoms with E-state index in [0.717, 1.165) is 25.9 Å². The SMILES string of the molecule is CN1CCC(CC(=O)Nc2ccc(S(=O)(=O)N3CCOCC3)cc2)CC1. The summed E-state index contributed by atoms with van der Waals surface area (Å²) in [4.78, 5) is 14.7. The zero-order valence-corrected chi connectivity index (χ0v) is 16.0. The van der Waals surface area contributed by atoms with Gasteiger partial charge in [-0.3, -0.25) is 4.79 Å². The number of anilines is 1. The van der Waals surface area contributed by atoms with Gasteiger partial charge in [-0.05, 0) is 63.2 Å². The van der Waals surface area contributed by atoms with E-state index in [4.69, 9.17) is 4.74 Å². The lowest BCUT2D eigenvalue weighted by Gasteiger charge is -2.28. The van der Waals surface area contributed by atoms with Crippen molar-refractivity contribution in [2.75, 3.05) is 51.8 Å². The third kappa shape index (κ3) is 4.82. The molecule has 1 aromatic carbocycles. The van der Waals surface area contributed by atoms with Gasteiger partial charge in [0.2, 0.25) is 15.9 Å². The molecule has 7 nitrogen and oxygen atoms in total. The van der Waals surface area contributed by atoms with Crippen LogP contribution in [-0.2, 0) is 19.6 Å². The monoisotopic (exact) mass is 381 g/mol. The number of carbonyl (C=O) groups excluding carboxylic acids is 1. The third-order valence-electron chi connectivity index (χ3n) is 5.06. The van der Waals surface area contributed by atoms with Gasteiger partial charge in [-0.1, -0.05) is 0 Å². The molecule has 0 atom stereocenters. The van der Waals surface area contributed by atoms with E-state index in [1.54, 1.807) is 24.3 Å². The maximum absolute atomic E-state index is 12.6. The maximum atomic E-state index is 12.6. The predicted molar refractivity (Wildman–Crippen MR) is 99.5 cm³/mol. The highest BCUT2D eigenvalue weighted by Crippen LogP contribution is 2.22. The van der Waals surface area contributed by atoms with E-state index in [1.807, 2.05) is 0 Å². The highest BCUT2D eigenvalue weighted by molar-refractivity contribution is 7.89. The Bertz CT molecular complexity index is 706. The van der Waals surface area contributed by atoms with Crippen LogP contribution in [0.4, 0.5) is 5.69 Å². The number of hydrogen-bond acceptors (Lipinski definition) is 5. The van der Waals surface area contributed by atoms with Crippen LogP contribution < -0.4 is 5.32 Å². The summed E-state index contributed by atoms with van der Waals surface area (Å²) in [5, 5.41) is 2.88. The van der Waals surface area contributed by atoms with Gasteiger partial charge in [0.1, 0.15) is 0 Å². The molecule has 2 aliphatic rings. The lowest BCUT2D eigenvalue weighted by molar-refractivity contribution is -0.117. The first kappa shape index (κ1) is 19.3. The minimum absolute atomic E-state index is 0.0108. The Hall–Kier alpha value is -1.48. The molecule has 0 unspecified atom stereocenters. The van der Waals surface area contributed by atoms with E-state index in [0.29, 0.717) is 44.3 Å². The fourth-order valence-electron chi connectivity index (χ4n) is 3.39. The number of sulfonamides is 1. The molecular weight excluding hydrogens is 354 g/mol. The van der Waals surface area contributed by atoms with E-state index in [-0.39, 0.29) is 10.8 Å². The van der Waals surface area contributed by atoms with Crippen LogP contribution >= 0.6 is 0 Å². The number of morpholine rings is 1. The largest absolute Gasteiger partial charge is 0.379 e. The van der Waals surface area contributed by atoms with Gasteiger partial charge in [0.25, 0.3) is 0 Å². The molecule has 1 N–H and O–H groups in total. The molecule has 3 rings (SSSR count). The summed E-state index contributed by atoms with van der Waals surface area (Å²) in [7, 11) is -1.40. The number of amides is 1. The Morgan fingerprint density at radius 3 is 2.35 bits per heavy atom. The topological polar surface area (TPSA) is 79.0 Å². The molecule has 0 bridgehead atoms. The molecule has 0 aromatic heterocycles. The van der Waals surface area contributed by atoms with Crippen molar-refractivity contribution >= 4 is 21.6 Å². The van der Waals surface area contributed by atoms with Gasteiger partial charge < -0.3 is 15.0 Å². The van der Waals surface area contributed by atoms with Crippen molar-refractivity contribution in [1.29, 1.82) is 0 Å². The predicted octanol–water partition coefficient (Wildman–Crippen LogP) is 1.38. The van der Waals surface area contributed by atoms with E-state index in [9.17, 15) is 13.2 Å². The standard InChI is InChI=1S/C18H27N3O4S/c1-20-8-6-15(7-9-20)14-18(22)19-16-2-4-17(5-3-16)26(23,24)21-10-12-25-13-11-21/h2-5,15H,6-14H2,1H3,(H,19,22). The van der Waals surface area contributed by atoms with E-state index < -0.39 is 10.0 Å². The van der Waals surface area contributed by atoms with Gasteiger partial charge in [-0.25, -0.2) is 8.42 Å². The first-order valence-corrected chi connectivity index (χ1v) is 10.6. The third-order valence-corrected chi connectivity index (χ3v) is 6.97. The Labute approximate surface area is 155 Å². The normalized spacial score (nSPS) is 20.8. The number of piperidine rings is 1. The smallest absolute Gasteiger partial charge is 0.243 e. The van der Waals surface area contributed by atoms with Crippen molar-refractivity contribution in [3.8, 4) is 0 Å². The van der Waals surface area contributed by atoms with Crippen molar-refractivity contribution in [1.82, 2.24) is 9.21 Å². The molecule has 8 heteroatoms. The van der Waals surface area contributed by atoms with Crippen LogP contribution in [0.25, 0.3) is 0 Å². The van der Waals surface area contributed by atoms with Crippen LogP contribution in [-0.4, -0.2) is 70.0 Å². The lowest BCUT2D eigenvalue weighted by atomic mass is 9.93. The number of hydrogen-bond donors (Lipinski definition) is 1. The molecule has 26 heavy (non-hydrogen) atoms. The Kier molecular flexibility index (Phi) is 6.29. The minimum atomic E-state index is -3.50. The van der Waals surface area contributed by atoms with Crippen LogP contribution in [0.5, 0.6) is 0 Å². The average molecular weight is 381 g/mol. The lowest BCUT2D eigenvalue weighted by Crippen LogP contribution is -2.40. The molecule has 144 valence electrons. The van der Waals surface area contributed by atoms with E-state index >= 15 is 0 Å². The molecule has 0 aliphatic carbocycles. The molecule has 2 heterocycles. The van der Waals surface area contributed by atoms with E-state index in [1.165, 1.54) is 4.31 Å². The number of benzene rings is 1. The number of ether oxygens (including phenoxy) is 1. The maximum Gasteiger partial charge on any atom is 0.243 e. The van der Waals surface area contributed by atoms with Crippen molar-refractivity contribution in [2.45, 2.75) is 24.2 Å². The molecule has 0 radical (unpaired) electrons. The number of likely N-dealkylation sites (tertiary alicyclic amines) is 1. The minimum Gasteiger partial charge on any atom is -0.379 e. The number of carbonyl (C=O) groups is 1. The second-order valence-electron chi connectivity index (χ2n) is 7.04. The van der Waals surface area contributed by atoms with Crippen LogP contribution in [0.2, 0.25) is 0 Å². The molecule has 2 saturated heterocycles. The second kappa shape index (κ2) is 8.47. The number of nitrogens with one attached hydrogen (secondary N) is 1. The fraction of sp³-hybridized carbons (Fsp3) is 0.611. The molecule has 1 amide bonds. The molecular formula is C18H27N3O4S. The van der Waals surface area contributed by atoms with Gasteiger partial charge >= 0.3 is 0 Å². The molecule has 1 aromatic rings. The Balaban J connectivity index is 1.56. The van der Waals surface area contributed by atoms with Crippen molar-refractivity contribution in [3.05, 3.63) is 24.3 Å². The first-order chi connectivity index (χ1) is 12.4. The summed E-state index contributed by atoms with van der Waals surface area (Å²) in [6.45, 7) is 3.65. The van der Waals surface area contributed by atoms with Crippen molar-refractivity contribution in [3.63, 3.8) is 0 Å². The van der Waals surface area contributed by atoms with Crippen molar-refractivity contribution < 1.29 is 17.9 Å². The quantitative estimate of drug-likeness (QED) is 0.834. The number of rotatable bonds is 5. The summed E-state index contributed by atoms with van der Waals surface area (Å²) in [5.74, 6) is 0.413. The van der Waals surface area contributed by atoms with Crippen LogP contribution in [0.1, 0.15) is 19.3 Å². The molecule has 0 saturated carbocycles. The fourth-order valence-corrected chi connectivity index (χ4v) is 4.79. The molecule has 2 aliphatic heterocycles.